The first kappa shape index (κ1) is 14.4. The highest BCUT2D eigenvalue weighted by atomic mass is 19.1. The van der Waals surface area contributed by atoms with Gasteiger partial charge in [0.1, 0.15) is 6.61 Å². The molecule has 3 rings (SSSR count). The number of hydrogen-bond donors (Lipinski definition) is 1. The molecule has 0 bridgehead atoms. The maximum atomic E-state index is 13.3. The van der Waals surface area contributed by atoms with Crippen molar-refractivity contribution in [2.45, 2.75) is 12.5 Å². The molecule has 0 radical (unpaired) electrons. The molecular formula is C15H16FN3O3. The summed E-state index contributed by atoms with van der Waals surface area (Å²) in [5.74, 6) is 1.11. The number of rotatable bonds is 4. The van der Waals surface area contributed by atoms with Crippen LogP contribution in [0.3, 0.4) is 0 Å². The Morgan fingerprint density at radius 3 is 2.95 bits per heavy atom. The van der Waals surface area contributed by atoms with Gasteiger partial charge in [-0.15, -0.1) is 0 Å². The Bertz CT molecular complexity index is 681. The number of nitrogens with zero attached hydrogens (tertiary/aromatic N) is 2. The number of ether oxygens (including phenoxy) is 3. The van der Waals surface area contributed by atoms with Gasteiger partial charge in [-0.05, 0) is 12.5 Å². The molecule has 1 N–H and O–H groups in total. The molecule has 1 aromatic heterocycles. The van der Waals surface area contributed by atoms with Crippen LogP contribution in [0.2, 0.25) is 0 Å². The van der Waals surface area contributed by atoms with E-state index in [2.05, 4.69) is 15.3 Å². The fourth-order valence-corrected chi connectivity index (χ4v) is 2.39. The fourth-order valence-electron chi connectivity index (χ4n) is 2.39. The summed E-state index contributed by atoms with van der Waals surface area (Å²) < 4.78 is 29.2. The van der Waals surface area contributed by atoms with Gasteiger partial charge in [0.15, 0.2) is 11.5 Å². The summed E-state index contributed by atoms with van der Waals surface area (Å²) in [7, 11) is 2.98. The number of anilines is 1. The first-order valence-electron chi connectivity index (χ1n) is 6.83. The fraction of sp³-hybridized carbons (Fsp3) is 0.333. The maximum absolute atomic E-state index is 13.3. The summed E-state index contributed by atoms with van der Waals surface area (Å²) >= 11 is 0. The number of benzene rings is 1. The molecule has 7 heteroatoms. The Morgan fingerprint density at radius 2 is 2.18 bits per heavy atom. The van der Waals surface area contributed by atoms with Crippen LogP contribution in [0.1, 0.15) is 5.56 Å². The molecular weight excluding hydrogens is 289 g/mol. The second kappa shape index (κ2) is 6.05. The number of aromatic nitrogens is 2. The van der Waals surface area contributed by atoms with Crippen molar-refractivity contribution in [1.29, 1.82) is 0 Å². The molecule has 0 fully saturated rings. The highest BCUT2D eigenvalue weighted by Gasteiger charge is 2.23. The van der Waals surface area contributed by atoms with Gasteiger partial charge in [-0.3, -0.25) is 0 Å². The molecule has 1 aliphatic heterocycles. The Hall–Kier alpha value is -2.57. The van der Waals surface area contributed by atoms with E-state index >= 15 is 0 Å². The lowest BCUT2D eigenvalue weighted by Gasteiger charge is -2.27. The highest BCUT2D eigenvalue weighted by molar-refractivity contribution is 5.48. The molecule has 0 saturated carbocycles. The summed E-state index contributed by atoms with van der Waals surface area (Å²) in [6.07, 6.45) is 1.81. The first-order valence-corrected chi connectivity index (χ1v) is 6.83. The van der Waals surface area contributed by atoms with Crippen LogP contribution in [0.4, 0.5) is 10.3 Å². The van der Waals surface area contributed by atoms with Crippen LogP contribution < -0.4 is 19.5 Å². The van der Waals surface area contributed by atoms with Crippen molar-refractivity contribution in [3.63, 3.8) is 0 Å². The van der Waals surface area contributed by atoms with Crippen LogP contribution in [-0.4, -0.2) is 36.8 Å². The largest absolute Gasteiger partial charge is 0.493 e. The minimum atomic E-state index is -0.594. The second-order valence-corrected chi connectivity index (χ2v) is 4.86. The zero-order chi connectivity index (χ0) is 15.5. The van der Waals surface area contributed by atoms with Crippen LogP contribution in [0.15, 0.2) is 24.4 Å². The minimum absolute atomic E-state index is 0.0187. The Kier molecular flexibility index (Phi) is 3.95. The molecule has 1 aliphatic rings. The van der Waals surface area contributed by atoms with Crippen molar-refractivity contribution in [2.75, 3.05) is 26.1 Å². The molecule has 6 nitrogen and oxygen atoms in total. The molecule has 2 aromatic rings. The molecule has 0 saturated heterocycles. The van der Waals surface area contributed by atoms with Gasteiger partial charge in [0.05, 0.1) is 26.5 Å². The molecule has 22 heavy (non-hydrogen) atoms. The predicted octanol–water partition coefficient (Wildman–Crippen LogP) is 2.05. The summed E-state index contributed by atoms with van der Waals surface area (Å²) in [5.41, 5.74) is 1.04. The van der Waals surface area contributed by atoms with E-state index in [0.717, 1.165) is 29.7 Å². The van der Waals surface area contributed by atoms with E-state index in [9.17, 15) is 4.39 Å². The van der Waals surface area contributed by atoms with Crippen molar-refractivity contribution >= 4 is 5.95 Å². The van der Waals surface area contributed by atoms with Gasteiger partial charge in [0.2, 0.25) is 11.8 Å². The van der Waals surface area contributed by atoms with Gasteiger partial charge >= 0.3 is 0 Å². The number of para-hydroxylation sites is 1. The number of halogens is 1. The lowest BCUT2D eigenvalue weighted by atomic mass is 10.0. The van der Waals surface area contributed by atoms with Crippen molar-refractivity contribution in [3.05, 3.63) is 35.8 Å². The minimum Gasteiger partial charge on any atom is -0.493 e. The lowest BCUT2D eigenvalue weighted by molar-refractivity contribution is 0.255. The molecule has 1 unspecified atom stereocenters. The zero-order valence-corrected chi connectivity index (χ0v) is 12.3. The van der Waals surface area contributed by atoms with E-state index in [4.69, 9.17) is 14.2 Å². The van der Waals surface area contributed by atoms with Gasteiger partial charge in [0.25, 0.3) is 5.88 Å². The Labute approximate surface area is 127 Å². The van der Waals surface area contributed by atoms with Crippen LogP contribution in [0.5, 0.6) is 17.4 Å². The van der Waals surface area contributed by atoms with E-state index in [-0.39, 0.29) is 11.9 Å². The van der Waals surface area contributed by atoms with Gasteiger partial charge in [-0.1, -0.05) is 12.1 Å². The van der Waals surface area contributed by atoms with Gasteiger partial charge in [-0.25, -0.2) is 4.98 Å². The lowest BCUT2D eigenvalue weighted by Crippen LogP contribution is -2.34. The summed E-state index contributed by atoms with van der Waals surface area (Å²) in [5, 5.41) is 3.13. The summed E-state index contributed by atoms with van der Waals surface area (Å²) in [4.78, 5) is 7.89. The average molecular weight is 305 g/mol. The highest BCUT2D eigenvalue weighted by Crippen LogP contribution is 2.34. The van der Waals surface area contributed by atoms with Crippen molar-refractivity contribution in [2.24, 2.45) is 0 Å². The smallest absolute Gasteiger partial charge is 0.255 e. The van der Waals surface area contributed by atoms with Crippen LogP contribution >= 0.6 is 0 Å². The van der Waals surface area contributed by atoms with E-state index in [0.29, 0.717) is 12.6 Å². The third-order valence-corrected chi connectivity index (χ3v) is 3.41. The van der Waals surface area contributed by atoms with E-state index in [1.165, 1.54) is 7.11 Å². The number of methoxy groups -OCH3 is 2. The van der Waals surface area contributed by atoms with Crippen LogP contribution in [-0.2, 0) is 6.42 Å². The first-order chi connectivity index (χ1) is 10.7. The van der Waals surface area contributed by atoms with E-state index in [1.807, 2.05) is 18.2 Å². The number of fused-ring (bicyclic) bond motifs is 1. The topological polar surface area (TPSA) is 65.5 Å². The molecule has 0 aliphatic carbocycles. The molecule has 1 atom stereocenters. The Morgan fingerprint density at radius 1 is 1.32 bits per heavy atom. The summed E-state index contributed by atoms with van der Waals surface area (Å²) in [6, 6.07) is 5.74. The third kappa shape index (κ3) is 2.74. The SMILES string of the molecule is COc1cccc2c1OCC(Nc1ncc(F)c(OC)n1)C2. The molecule has 116 valence electrons. The normalized spacial score (nSPS) is 16.4. The molecule has 0 spiro atoms. The number of nitrogens with one attached hydrogen (secondary N) is 1. The quantitative estimate of drug-likeness (QED) is 0.932. The van der Waals surface area contributed by atoms with Crippen molar-refractivity contribution in [3.8, 4) is 17.4 Å². The van der Waals surface area contributed by atoms with E-state index in [1.54, 1.807) is 7.11 Å². The second-order valence-electron chi connectivity index (χ2n) is 4.86. The maximum Gasteiger partial charge on any atom is 0.255 e. The van der Waals surface area contributed by atoms with Gasteiger partial charge in [-0.2, -0.15) is 9.37 Å². The molecule has 2 heterocycles. The third-order valence-electron chi connectivity index (χ3n) is 3.41. The zero-order valence-electron chi connectivity index (χ0n) is 12.3. The van der Waals surface area contributed by atoms with Crippen molar-refractivity contribution < 1.29 is 18.6 Å². The Balaban J connectivity index is 1.75. The molecule has 0 amide bonds. The van der Waals surface area contributed by atoms with Gasteiger partial charge < -0.3 is 19.5 Å². The summed E-state index contributed by atoms with van der Waals surface area (Å²) in [6.45, 7) is 0.441. The predicted molar refractivity (Wildman–Crippen MR) is 78.1 cm³/mol. The van der Waals surface area contributed by atoms with Gasteiger partial charge in [0, 0.05) is 5.56 Å². The average Bonchev–Trinajstić information content (AvgIpc) is 2.55. The van der Waals surface area contributed by atoms with Crippen LogP contribution in [0, 0.1) is 5.82 Å². The standard InChI is InChI=1S/C15H16FN3O3/c1-20-12-5-3-4-9-6-10(8-22-13(9)12)18-15-17-7-11(16)14(19-15)21-2/h3-5,7,10H,6,8H2,1-2H3,(H,17,18,19). The van der Waals surface area contributed by atoms with E-state index < -0.39 is 5.82 Å². The van der Waals surface area contributed by atoms with Crippen molar-refractivity contribution in [1.82, 2.24) is 9.97 Å². The number of hydrogen-bond acceptors (Lipinski definition) is 6. The molecule has 1 aromatic carbocycles. The monoisotopic (exact) mass is 305 g/mol. The van der Waals surface area contributed by atoms with Crippen LogP contribution in [0.25, 0.3) is 0 Å².